The number of anilines is 2. The zero-order chi connectivity index (χ0) is 28.8. The van der Waals surface area contributed by atoms with Gasteiger partial charge in [0.25, 0.3) is 5.60 Å². The quantitative estimate of drug-likeness (QED) is 0.442. The Balaban J connectivity index is 1.73. The van der Waals surface area contributed by atoms with E-state index in [-0.39, 0.29) is 48.9 Å². The van der Waals surface area contributed by atoms with Crippen molar-refractivity contribution in [3.8, 4) is 11.1 Å². The summed E-state index contributed by atoms with van der Waals surface area (Å²) in [5.74, 6) is -1.15. The molecule has 0 atom stereocenters. The zero-order valence-corrected chi connectivity index (χ0v) is 20.4. The number of alkyl halides is 6. The number of piperazine rings is 1. The van der Waals surface area contributed by atoms with Crippen LogP contribution in [0.4, 0.5) is 42.4 Å². The average Bonchev–Trinajstić information content (AvgIpc) is 2.87. The summed E-state index contributed by atoms with van der Waals surface area (Å²) < 4.78 is 123. The number of halogens is 7. The molecule has 0 unspecified atom stereocenters. The molecule has 4 rings (SSSR count). The monoisotopic (exact) mass is 580 g/mol. The van der Waals surface area contributed by atoms with E-state index in [9.17, 15) is 44.3 Å². The SMILES string of the molecule is Nc1ccc(S(=O)(=O)N2CCN(c3ncc(C(O)(C(F)(F)F)C(F)(F)F)cc3-c3cnccc3F)CC2)cn1. The Bertz CT molecular complexity index is 1440. The minimum atomic E-state index is -6.18. The lowest BCUT2D eigenvalue weighted by Crippen LogP contribution is -2.54. The van der Waals surface area contributed by atoms with Gasteiger partial charge >= 0.3 is 12.4 Å². The van der Waals surface area contributed by atoms with Crippen molar-refractivity contribution in [1.29, 1.82) is 0 Å². The molecule has 0 aromatic carbocycles. The molecule has 1 saturated heterocycles. The van der Waals surface area contributed by atoms with E-state index in [0.29, 0.717) is 6.07 Å². The van der Waals surface area contributed by atoms with Gasteiger partial charge < -0.3 is 15.7 Å². The molecule has 39 heavy (non-hydrogen) atoms. The average molecular weight is 580 g/mol. The second-order valence-electron chi connectivity index (χ2n) is 8.47. The van der Waals surface area contributed by atoms with Crippen molar-refractivity contribution < 1.29 is 44.3 Å². The van der Waals surface area contributed by atoms with Crippen LogP contribution in [0.5, 0.6) is 0 Å². The maximum atomic E-state index is 14.7. The van der Waals surface area contributed by atoms with Crippen molar-refractivity contribution in [1.82, 2.24) is 19.3 Å². The van der Waals surface area contributed by atoms with Gasteiger partial charge in [0.05, 0.1) is 0 Å². The number of hydrogen-bond acceptors (Lipinski definition) is 8. The molecule has 0 amide bonds. The maximum Gasteiger partial charge on any atom is 0.430 e. The number of sulfonamides is 1. The first-order chi connectivity index (χ1) is 18.1. The van der Waals surface area contributed by atoms with Crippen molar-refractivity contribution in [2.45, 2.75) is 22.8 Å². The Morgan fingerprint density at radius 1 is 0.872 bits per heavy atom. The van der Waals surface area contributed by atoms with Crippen LogP contribution in [0.25, 0.3) is 11.1 Å². The zero-order valence-electron chi connectivity index (χ0n) is 19.6. The molecule has 3 aromatic rings. The minimum absolute atomic E-state index is 0.103. The number of aromatic nitrogens is 3. The molecule has 0 saturated carbocycles. The van der Waals surface area contributed by atoms with Gasteiger partial charge in [0.1, 0.15) is 22.3 Å². The lowest BCUT2D eigenvalue weighted by molar-refractivity contribution is -0.376. The Labute approximate surface area is 216 Å². The third-order valence-electron chi connectivity index (χ3n) is 6.10. The van der Waals surface area contributed by atoms with Gasteiger partial charge in [-0.25, -0.2) is 22.8 Å². The number of aliphatic hydroxyl groups is 1. The van der Waals surface area contributed by atoms with Crippen molar-refractivity contribution >= 4 is 21.7 Å². The summed E-state index contributed by atoms with van der Waals surface area (Å²) >= 11 is 0. The van der Waals surface area contributed by atoms with Crippen LogP contribution in [-0.2, 0) is 15.6 Å². The highest BCUT2D eigenvalue weighted by atomic mass is 32.2. The van der Waals surface area contributed by atoms with Gasteiger partial charge in [0, 0.05) is 67.7 Å². The van der Waals surface area contributed by atoms with E-state index >= 15 is 0 Å². The van der Waals surface area contributed by atoms with E-state index in [4.69, 9.17) is 5.73 Å². The molecule has 3 N–H and O–H groups in total. The second kappa shape index (κ2) is 9.87. The highest BCUT2D eigenvalue weighted by Gasteiger charge is 2.71. The van der Waals surface area contributed by atoms with E-state index in [2.05, 4.69) is 15.0 Å². The lowest BCUT2D eigenvalue weighted by Gasteiger charge is -2.36. The highest BCUT2D eigenvalue weighted by molar-refractivity contribution is 7.89. The minimum Gasteiger partial charge on any atom is -0.384 e. The fraction of sp³-hybridized carbons (Fsp3) is 0.318. The highest BCUT2D eigenvalue weighted by Crippen LogP contribution is 2.51. The number of nitrogens with zero attached hydrogens (tertiary/aromatic N) is 5. The van der Waals surface area contributed by atoms with Gasteiger partial charge in [-0.05, 0) is 24.3 Å². The fourth-order valence-electron chi connectivity index (χ4n) is 4.00. The smallest absolute Gasteiger partial charge is 0.384 e. The molecule has 3 aromatic heterocycles. The van der Waals surface area contributed by atoms with Crippen LogP contribution in [0.2, 0.25) is 0 Å². The van der Waals surface area contributed by atoms with E-state index in [1.165, 1.54) is 17.0 Å². The van der Waals surface area contributed by atoms with Crippen LogP contribution in [0, 0.1) is 5.82 Å². The van der Waals surface area contributed by atoms with Gasteiger partial charge in [-0.1, -0.05) is 0 Å². The van der Waals surface area contributed by atoms with Crippen molar-refractivity contribution in [3.05, 3.63) is 60.4 Å². The number of rotatable bonds is 5. The first kappa shape index (κ1) is 28.4. The molecule has 1 aliphatic rings. The molecule has 9 nitrogen and oxygen atoms in total. The van der Waals surface area contributed by atoms with Crippen molar-refractivity contribution in [2.24, 2.45) is 0 Å². The van der Waals surface area contributed by atoms with Crippen LogP contribution in [0.1, 0.15) is 5.56 Å². The molecule has 0 bridgehead atoms. The summed E-state index contributed by atoms with van der Waals surface area (Å²) in [6.45, 7) is -0.516. The third kappa shape index (κ3) is 5.08. The van der Waals surface area contributed by atoms with E-state index in [1.807, 2.05) is 0 Å². The molecule has 17 heteroatoms. The van der Waals surface area contributed by atoms with Crippen molar-refractivity contribution in [2.75, 3.05) is 36.8 Å². The number of nitrogen functional groups attached to an aromatic ring is 1. The van der Waals surface area contributed by atoms with Crippen LogP contribution in [0.3, 0.4) is 0 Å². The molecule has 1 fully saturated rings. The summed E-state index contributed by atoms with van der Waals surface area (Å²) in [6.07, 6.45) is -9.19. The summed E-state index contributed by atoms with van der Waals surface area (Å²) in [6, 6.07) is 3.76. The van der Waals surface area contributed by atoms with Gasteiger partial charge in [0.2, 0.25) is 10.0 Å². The molecule has 0 aliphatic carbocycles. The molecule has 4 heterocycles. The van der Waals surface area contributed by atoms with E-state index in [1.54, 1.807) is 0 Å². The van der Waals surface area contributed by atoms with Gasteiger partial charge in [0.15, 0.2) is 0 Å². The predicted octanol–water partition coefficient (Wildman–Crippen LogP) is 3.08. The number of nitrogens with two attached hydrogens (primary N) is 1. The lowest BCUT2D eigenvalue weighted by atomic mass is 9.91. The Morgan fingerprint density at radius 3 is 2.05 bits per heavy atom. The largest absolute Gasteiger partial charge is 0.430 e. The normalized spacial score (nSPS) is 15.9. The van der Waals surface area contributed by atoms with Crippen LogP contribution >= 0.6 is 0 Å². The van der Waals surface area contributed by atoms with Crippen LogP contribution in [-0.4, -0.2) is 71.3 Å². The molecular formula is C22H19F7N6O3S. The summed E-state index contributed by atoms with van der Waals surface area (Å²) in [5, 5.41) is 9.85. The maximum absolute atomic E-state index is 14.7. The summed E-state index contributed by atoms with van der Waals surface area (Å²) in [4.78, 5) is 12.4. The Kier molecular flexibility index (Phi) is 7.20. The van der Waals surface area contributed by atoms with Crippen LogP contribution in [0.15, 0.2) is 53.9 Å². The van der Waals surface area contributed by atoms with Crippen molar-refractivity contribution in [3.63, 3.8) is 0 Å². The Hall–Kier alpha value is -3.57. The topological polar surface area (TPSA) is 126 Å². The first-order valence-corrected chi connectivity index (χ1v) is 12.4. The Morgan fingerprint density at radius 2 is 1.51 bits per heavy atom. The predicted molar refractivity (Wildman–Crippen MR) is 123 cm³/mol. The third-order valence-corrected chi connectivity index (χ3v) is 7.98. The second-order valence-corrected chi connectivity index (χ2v) is 10.4. The van der Waals surface area contributed by atoms with Gasteiger partial charge in [-0.2, -0.15) is 30.6 Å². The van der Waals surface area contributed by atoms with Crippen LogP contribution < -0.4 is 10.6 Å². The standard InChI is InChI=1S/C22H19F7N6O3S/c23-17-3-4-31-12-16(17)15-9-13(20(36,21(24,25)26)22(27,28)29)10-33-19(15)34-5-7-35(8-6-34)39(37,38)14-1-2-18(30)32-11-14/h1-4,9-12,36H,5-8H2,(H2,30,32). The summed E-state index contributed by atoms with van der Waals surface area (Å²) in [5.41, 5.74) is -2.47. The number of hydrogen-bond donors (Lipinski definition) is 2. The summed E-state index contributed by atoms with van der Waals surface area (Å²) in [7, 11) is -4.00. The molecule has 0 radical (unpaired) electrons. The first-order valence-electron chi connectivity index (χ1n) is 11.0. The van der Waals surface area contributed by atoms with E-state index < -0.39 is 50.5 Å². The fourth-order valence-corrected chi connectivity index (χ4v) is 5.37. The van der Waals surface area contributed by atoms with Gasteiger partial charge in [-0.15, -0.1) is 0 Å². The van der Waals surface area contributed by atoms with Gasteiger partial charge in [-0.3, -0.25) is 4.98 Å². The molecule has 210 valence electrons. The number of pyridine rings is 3. The van der Waals surface area contributed by atoms with E-state index in [0.717, 1.165) is 29.0 Å². The molecule has 1 aliphatic heterocycles. The molecule has 0 spiro atoms. The molecular weight excluding hydrogens is 561 g/mol.